The third kappa shape index (κ3) is 4.14. The fraction of sp³-hybridized carbons (Fsp3) is 0.438. The van der Waals surface area contributed by atoms with Crippen molar-refractivity contribution in [2.75, 3.05) is 6.54 Å². The first-order valence-corrected chi connectivity index (χ1v) is 8.13. The summed E-state index contributed by atoms with van der Waals surface area (Å²) in [5.74, 6) is 0.803. The van der Waals surface area contributed by atoms with Crippen molar-refractivity contribution in [3.8, 4) is 0 Å². The summed E-state index contributed by atoms with van der Waals surface area (Å²) in [4.78, 5) is 4.43. The maximum absolute atomic E-state index is 13.6. The third-order valence-corrected chi connectivity index (χ3v) is 4.23. The first-order valence-electron chi connectivity index (χ1n) is 7.34. The van der Waals surface area contributed by atoms with Gasteiger partial charge in [-0.25, -0.2) is 9.37 Å². The number of nitrogens with zero attached hydrogens (tertiary/aromatic N) is 2. The van der Waals surface area contributed by atoms with E-state index in [-0.39, 0.29) is 11.9 Å². The minimum Gasteiger partial charge on any atom is -0.335 e. The quantitative estimate of drug-likeness (QED) is 0.812. The molecule has 1 atom stereocenters. The minimum atomic E-state index is -0.213. The molecule has 2 aromatic rings. The number of hydrogen-bond donors (Lipinski definition) is 1. The van der Waals surface area contributed by atoms with Gasteiger partial charge in [0.05, 0.1) is 0 Å². The molecule has 0 saturated heterocycles. The zero-order valence-electron chi connectivity index (χ0n) is 12.4. The van der Waals surface area contributed by atoms with E-state index in [4.69, 9.17) is 0 Å². The molecule has 5 heteroatoms. The van der Waals surface area contributed by atoms with E-state index in [2.05, 4.69) is 44.6 Å². The van der Waals surface area contributed by atoms with Crippen LogP contribution in [0.4, 0.5) is 4.39 Å². The van der Waals surface area contributed by atoms with Crippen LogP contribution >= 0.6 is 15.9 Å². The highest BCUT2D eigenvalue weighted by molar-refractivity contribution is 9.10. The lowest BCUT2D eigenvalue weighted by Crippen LogP contribution is -2.25. The molecule has 0 amide bonds. The van der Waals surface area contributed by atoms with Crippen molar-refractivity contribution in [3.63, 3.8) is 0 Å². The Morgan fingerprint density at radius 3 is 2.90 bits per heavy atom. The van der Waals surface area contributed by atoms with Gasteiger partial charge in [-0.3, -0.25) is 0 Å². The van der Waals surface area contributed by atoms with Crippen LogP contribution in [0.3, 0.4) is 0 Å². The SMILES string of the molecule is CCCNC(Cc1nccn1CC)c1cc(F)ccc1Br. The van der Waals surface area contributed by atoms with Crippen molar-refractivity contribution < 1.29 is 4.39 Å². The number of benzene rings is 1. The van der Waals surface area contributed by atoms with Gasteiger partial charge < -0.3 is 9.88 Å². The van der Waals surface area contributed by atoms with Crippen molar-refractivity contribution in [2.45, 2.75) is 39.3 Å². The average molecular weight is 354 g/mol. The van der Waals surface area contributed by atoms with E-state index in [1.54, 1.807) is 12.1 Å². The number of rotatable bonds is 7. The molecule has 21 heavy (non-hydrogen) atoms. The molecule has 1 heterocycles. The Morgan fingerprint density at radius 1 is 1.38 bits per heavy atom. The lowest BCUT2D eigenvalue weighted by Gasteiger charge is -2.20. The summed E-state index contributed by atoms with van der Waals surface area (Å²) >= 11 is 3.53. The zero-order chi connectivity index (χ0) is 15.2. The minimum absolute atomic E-state index is 0.0442. The summed E-state index contributed by atoms with van der Waals surface area (Å²) in [6, 6.07) is 4.87. The van der Waals surface area contributed by atoms with Crippen molar-refractivity contribution in [1.82, 2.24) is 14.9 Å². The molecular weight excluding hydrogens is 333 g/mol. The molecule has 2 rings (SSSR count). The van der Waals surface area contributed by atoms with Gasteiger partial charge in [-0.05, 0) is 43.7 Å². The summed E-state index contributed by atoms with van der Waals surface area (Å²) in [6.07, 6.45) is 5.57. The van der Waals surface area contributed by atoms with Crippen LogP contribution in [0.5, 0.6) is 0 Å². The molecule has 0 aliphatic heterocycles. The fourth-order valence-electron chi connectivity index (χ4n) is 2.39. The van der Waals surface area contributed by atoms with Gasteiger partial charge in [-0.15, -0.1) is 0 Å². The topological polar surface area (TPSA) is 29.9 Å². The van der Waals surface area contributed by atoms with Crippen LogP contribution < -0.4 is 5.32 Å². The summed E-state index contributed by atoms with van der Waals surface area (Å²) < 4.78 is 16.6. The standard InChI is InChI=1S/C16H21BrFN3/c1-3-7-19-15(11-16-20-8-9-21(16)4-2)13-10-12(18)5-6-14(13)17/h5-6,8-10,15,19H,3-4,7,11H2,1-2H3. The predicted molar refractivity (Wildman–Crippen MR) is 86.7 cm³/mol. The van der Waals surface area contributed by atoms with Crippen molar-refractivity contribution in [1.29, 1.82) is 0 Å². The van der Waals surface area contributed by atoms with E-state index in [0.717, 1.165) is 41.8 Å². The van der Waals surface area contributed by atoms with Gasteiger partial charge >= 0.3 is 0 Å². The van der Waals surface area contributed by atoms with Gasteiger partial charge in [0, 0.05) is 35.9 Å². The van der Waals surface area contributed by atoms with Gasteiger partial charge in [0.2, 0.25) is 0 Å². The van der Waals surface area contributed by atoms with E-state index in [1.807, 2.05) is 12.4 Å². The lowest BCUT2D eigenvalue weighted by atomic mass is 10.0. The second-order valence-corrected chi connectivity index (χ2v) is 5.86. The van der Waals surface area contributed by atoms with Crippen LogP contribution in [0.1, 0.15) is 37.7 Å². The van der Waals surface area contributed by atoms with Crippen molar-refractivity contribution in [2.24, 2.45) is 0 Å². The number of hydrogen-bond acceptors (Lipinski definition) is 2. The highest BCUT2D eigenvalue weighted by Crippen LogP contribution is 2.27. The van der Waals surface area contributed by atoms with Crippen LogP contribution in [0.15, 0.2) is 35.1 Å². The summed E-state index contributed by atoms with van der Waals surface area (Å²) in [7, 11) is 0. The Balaban J connectivity index is 2.27. The molecule has 114 valence electrons. The summed E-state index contributed by atoms with van der Waals surface area (Å²) in [5.41, 5.74) is 0.939. The molecule has 0 aliphatic carbocycles. The van der Waals surface area contributed by atoms with Gasteiger partial charge in [-0.2, -0.15) is 0 Å². The maximum atomic E-state index is 13.6. The van der Waals surface area contributed by atoms with Gasteiger partial charge in [0.25, 0.3) is 0 Å². The van der Waals surface area contributed by atoms with E-state index < -0.39 is 0 Å². The van der Waals surface area contributed by atoms with E-state index in [1.165, 1.54) is 6.07 Å². The Kier molecular flexibility index (Phi) is 5.94. The molecule has 0 bridgehead atoms. The molecule has 0 aliphatic rings. The number of imidazole rings is 1. The normalized spacial score (nSPS) is 12.6. The molecule has 1 unspecified atom stereocenters. The summed E-state index contributed by atoms with van der Waals surface area (Å²) in [6.45, 7) is 6.00. The molecule has 0 spiro atoms. The van der Waals surface area contributed by atoms with Gasteiger partial charge in [-0.1, -0.05) is 22.9 Å². The smallest absolute Gasteiger partial charge is 0.123 e. The first kappa shape index (κ1) is 16.2. The maximum Gasteiger partial charge on any atom is 0.123 e. The molecular formula is C16H21BrFN3. The van der Waals surface area contributed by atoms with Gasteiger partial charge in [0.1, 0.15) is 11.6 Å². The second kappa shape index (κ2) is 7.71. The second-order valence-electron chi connectivity index (χ2n) is 5.01. The monoisotopic (exact) mass is 353 g/mol. The molecule has 1 N–H and O–H groups in total. The Labute approximate surface area is 133 Å². The Bertz CT molecular complexity index is 583. The molecule has 1 aromatic heterocycles. The summed E-state index contributed by atoms with van der Waals surface area (Å²) in [5, 5.41) is 3.49. The molecule has 3 nitrogen and oxygen atoms in total. The molecule has 0 saturated carbocycles. The number of aromatic nitrogens is 2. The van der Waals surface area contributed by atoms with Crippen LogP contribution in [0, 0.1) is 5.82 Å². The highest BCUT2D eigenvalue weighted by Gasteiger charge is 2.17. The fourth-order valence-corrected chi connectivity index (χ4v) is 2.92. The van der Waals surface area contributed by atoms with Crippen LogP contribution in [-0.4, -0.2) is 16.1 Å². The zero-order valence-corrected chi connectivity index (χ0v) is 14.0. The van der Waals surface area contributed by atoms with Crippen molar-refractivity contribution in [3.05, 3.63) is 52.3 Å². The lowest BCUT2D eigenvalue weighted by molar-refractivity contribution is 0.501. The number of aryl methyl sites for hydroxylation is 1. The van der Waals surface area contributed by atoms with Crippen LogP contribution in [-0.2, 0) is 13.0 Å². The van der Waals surface area contributed by atoms with E-state index in [0.29, 0.717) is 0 Å². The first-order chi connectivity index (χ1) is 10.2. The molecule has 0 fully saturated rings. The molecule has 1 aromatic carbocycles. The Hall–Kier alpha value is -1.20. The van der Waals surface area contributed by atoms with E-state index >= 15 is 0 Å². The van der Waals surface area contributed by atoms with Gasteiger partial charge in [0.15, 0.2) is 0 Å². The third-order valence-electron chi connectivity index (χ3n) is 3.50. The van der Waals surface area contributed by atoms with E-state index in [9.17, 15) is 4.39 Å². The van der Waals surface area contributed by atoms with Crippen LogP contribution in [0.2, 0.25) is 0 Å². The number of nitrogens with one attached hydrogen (secondary N) is 1. The Morgan fingerprint density at radius 2 is 2.19 bits per heavy atom. The number of halogens is 2. The van der Waals surface area contributed by atoms with Crippen LogP contribution in [0.25, 0.3) is 0 Å². The molecule has 0 radical (unpaired) electrons. The largest absolute Gasteiger partial charge is 0.335 e. The average Bonchev–Trinajstić information content (AvgIpc) is 2.93. The highest BCUT2D eigenvalue weighted by atomic mass is 79.9. The predicted octanol–water partition coefficient (Wildman–Crippen LogP) is 4.09. The van der Waals surface area contributed by atoms with Crippen molar-refractivity contribution >= 4 is 15.9 Å².